The molecule has 1 unspecified atom stereocenters. The maximum Gasteiger partial charge on any atom is 0.331 e. The Bertz CT molecular complexity index is 1190. The molecule has 8 nitrogen and oxygen atoms in total. The van der Waals surface area contributed by atoms with Gasteiger partial charge in [0.2, 0.25) is 0 Å². The summed E-state index contributed by atoms with van der Waals surface area (Å²) in [7, 11) is 0. The molecule has 3 heterocycles. The van der Waals surface area contributed by atoms with Crippen molar-refractivity contribution in [3.8, 4) is 0 Å². The standard InChI is InChI=1S/C21H25ClN6O2/c1-3-26-12-18(20(29)28(4-2)21(26)30)27-9-5-6-15(11-27)25-19-16-10-14(22)7-8-17(16)23-13-24-19/h7-8,10,12-13,15H,3-6,9,11H2,1-2H3,(H,23,24,25). The maximum absolute atomic E-state index is 12.9. The number of hydrogen-bond donors (Lipinski definition) is 1. The van der Waals surface area contributed by atoms with Crippen molar-refractivity contribution in [3.63, 3.8) is 0 Å². The summed E-state index contributed by atoms with van der Waals surface area (Å²) in [6.07, 6.45) is 5.12. The van der Waals surface area contributed by atoms with Gasteiger partial charge in [-0.3, -0.25) is 13.9 Å². The third-order valence-corrected chi connectivity index (χ3v) is 5.81. The van der Waals surface area contributed by atoms with Gasteiger partial charge in [-0.25, -0.2) is 14.8 Å². The molecule has 3 aromatic rings. The minimum atomic E-state index is -0.259. The summed E-state index contributed by atoms with van der Waals surface area (Å²) < 4.78 is 2.90. The lowest BCUT2D eigenvalue weighted by Gasteiger charge is -2.35. The van der Waals surface area contributed by atoms with Gasteiger partial charge in [-0.1, -0.05) is 11.6 Å². The Morgan fingerprint density at radius 2 is 2.03 bits per heavy atom. The molecule has 0 amide bonds. The fourth-order valence-corrected chi connectivity index (χ4v) is 4.18. The highest BCUT2D eigenvalue weighted by Gasteiger charge is 2.24. The van der Waals surface area contributed by atoms with Gasteiger partial charge in [-0.15, -0.1) is 0 Å². The van der Waals surface area contributed by atoms with Gasteiger partial charge in [-0.05, 0) is 44.9 Å². The van der Waals surface area contributed by atoms with Crippen molar-refractivity contribution in [1.82, 2.24) is 19.1 Å². The van der Waals surface area contributed by atoms with E-state index in [1.807, 2.05) is 32.0 Å². The molecular formula is C21H25ClN6O2. The molecule has 1 N–H and O–H groups in total. The summed E-state index contributed by atoms with van der Waals surface area (Å²) in [6, 6.07) is 5.65. The topological polar surface area (TPSA) is 85.1 Å². The van der Waals surface area contributed by atoms with E-state index in [-0.39, 0.29) is 17.3 Å². The van der Waals surface area contributed by atoms with E-state index in [2.05, 4.69) is 20.2 Å². The lowest BCUT2D eigenvalue weighted by Crippen LogP contribution is -2.48. The molecule has 2 aromatic heterocycles. The Hall–Kier alpha value is -2.87. The Labute approximate surface area is 179 Å². The summed E-state index contributed by atoms with van der Waals surface area (Å²) in [5, 5.41) is 5.01. The van der Waals surface area contributed by atoms with E-state index in [1.165, 1.54) is 10.9 Å². The van der Waals surface area contributed by atoms with E-state index >= 15 is 0 Å². The lowest BCUT2D eigenvalue weighted by molar-refractivity contribution is 0.517. The molecule has 0 spiro atoms. The number of piperidine rings is 1. The molecule has 4 rings (SSSR count). The largest absolute Gasteiger partial charge is 0.365 e. The van der Waals surface area contributed by atoms with Crippen molar-refractivity contribution in [2.75, 3.05) is 23.3 Å². The van der Waals surface area contributed by atoms with Crippen molar-refractivity contribution in [2.24, 2.45) is 0 Å². The van der Waals surface area contributed by atoms with Crippen LogP contribution in [0, 0.1) is 0 Å². The fourth-order valence-electron chi connectivity index (χ4n) is 4.01. The number of halogens is 1. The molecule has 1 atom stereocenters. The third-order valence-electron chi connectivity index (χ3n) is 5.58. The number of hydrogen-bond acceptors (Lipinski definition) is 6. The minimum Gasteiger partial charge on any atom is -0.365 e. The summed E-state index contributed by atoms with van der Waals surface area (Å²) in [4.78, 5) is 36.1. The molecule has 1 aliphatic rings. The zero-order chi connectivity index (χ0) is 21.3. The normalized spacial score (nSPS) is 16.8. The van der Waals surface area contributed by atoms with E-state index in [0.717, 1.165) is 36.1 Å². The first-order chi connectivity index (χ1) is 14.5. The van der Waals surface area contributed by atoms with Crippen LogP contribution in [-0.2, 0) is 13.1 Å². The molecule has 0 aliphatic carbocycles. The highest BCUT2D eigenvalue weighted by atomic mass is 35.5. The van der Waals surface area contributed by atoms with Crippen LogP contribution in [0.4, 0.5) is 11.5 Å². The van der Waals surface area contributed by atoms with Crippen molar-refractivity contribution < 1.29 is 0 Å². The molecule has 0 radical (unpaired) electrons. The van der Waals surface area contributed by atoms with E-state index in [1.54, 1.807) is 10.8 Å². The van der Waals surface area contributed by atoms with Gasteiger partial charge < -0.3 is 10.2 Å². The lowest BCUT2D eigenvalue weighted by atomic mass is 10.0. The van der Waals surface area contributed by atoms with Crippen molar-refractivity contribution >= 4 is 34.0 Å². The zero-order valence-corrected chi connectivity index (χ0v) is 17.9. The highest BCUT2D eigenvalue weighted by molar-refractivity contribution is 6.31. The van der Waals surface area contributed by atoms with Crippen molar-refractivity contribution in [1.29, 1.82) is 0 Å². The Kier molecular flexibility index (Phi) is 5.76. The minimum absolute atomic E-state index is 0.104. The van der Waals surface area contributed by atoms with Crippen LogP contribution < -0.4 is 21.5 Å². The molecule has 9 heteroatoms. The number of nitrogens with one attached hydrogen (secondary N) is 1. The van der Waals surface area contributed by atoms with Gasteiger partial charge in [-0.2, -0.15) is 0 Å². The molecule has 30 heavy (non-hydrogen) atoms. The average molecular weight is 429 g/mol. The average Bonchev–Trinajstić information content (AvgIpc) is 2.75. The zero-order valence-electron chi connectivity index (χ0n) is 17.1. The van der Waals surface area contributed by atoms with Crippen molar-refractivity contribution in [2.45, 2.75) is 45.8 Å². The van der Waals surface area contributed by atoms with Crippen LogP contribution in [0.15, 0.2) is 40.3 Å². The fraction of sp³-hybridized carbons (Fsp3) is 0.429. The van der Waals surface area contributed by atoms with Gasteiger partial charge >= 0.3 is 5.69 Å². The molecule has 1 aromatic carbocycles. The van der Waals surface area contributed by atoms with Gasteiger partial charge in [0, 0.05) is 48.8 Å². The van der Waals surface area contributed by atoms with Crippen LogP contribution in [0.5, 0.6) is 0 Å². The Balaban J connectivity index is 1.63. The number of rotatable bonds is 5. The predicted octanol–water partition coefficient (Wildman–Crippen LogP) is 2.73. The first-order valence-corrected chi connectivity index (χ1v) is 10.7. The number of aromatic nitrogens is 4. The number of fused-ring (bicyclic) bond motifs is 1. The Morgan fingerprint density at radius 1 is 1.20 bits per heavy atom. The van der Waals surface area contributed by atoms with Crippen molar-refractivity contribution in [3.05, 3.63) is 56.6 Å². The van der Waals surface area contributed by atoms with Crippen LogP contribution in [0.2, 0.25) is 5.02 Å². The van der Waals surface area contributed by atoms with Gasteiger partial charge in [0.1, 0.15) is 17.8 Å². The van der Waals surface area contributed by atoms with Crippen LogP contribution in [0.25, 0.3) is 10.9 Å². The van der Waals surface area contributed by atoms with Gasteiger partial charge in [0.15, 0.2) is 0 Å². The number of anilines is 2. The van der Waals surface area contributed by atoms with Crippen LogP contribution in [-0.4, -0.2) is 38.2 Å². The predicted molar refractivity (Wildman–Crippen MR) is 120 cm³/mol. The second-order valence-electron chi connectivity index (χ2n) is 7.45. The van der Waals surface area contributed by atoms with Gasteiger partial charge in [0.05, 0.1) is 5.52 Å². The summed E-state index contributed by atoms with van der Waals surface area (Å²) in [5.41, 5.74) is 0.905. The number of aryl methyl sites for hydroxylation is 1. The SMILES string of the molecule is CCn1cc(N2CCCC(Nc3ncnc4ccc(Cl)cc34)C2)c(=O)n(CC)c1=O. The van der Waals surface area contributed by atoms with E-state index in [0.29, 0.717) is 30.3 Å². The monoisotopic (exact) mass is 428 g/mol. The first kappa shape index (κ1) is 20.4. The third kappa shape index (κ3) is 3.79. The molecule has 1 fully saturated rings. The summed E-state index contributed by atoms with van der Waals surface area (Å²) >= 11 is 6.17. The molecular weight excluding hydrogens is 404 g/mol. The maximum atomic E-state index is 12.9. The van der Waals surface area contributed by atoms with Crippen LogP contribution in [0.3, 0.4) is 0 Å². The van der Waals surface area contributed by atoms with E-state index in [9.17, 15) is 9.59 Å². The summed E-state index contributed by atoms with van der Waals surface area (Å²) in [5.74, 6) is 0.735. The van der Waals surface area contributed by atoms with Crippen LogP contribution in [0.1, 0.15) is 26.7 Å². The van der Waals surface area contributed by atoms with Crippen LogP contribution >= 0.6 is 11.6 Å². The number of nitrogens with zero attached hydrogens (tertiary/aromatic N) is 5. The van der Waals surface area contributed by atoms with E-state index in [4.69, 9.17) is 11.6 Å². The molecule has 1 saturated heterocycles. The molecule has 1 aliphatic heterocycles. The second kappa shape index (κ2) is 8.47. The smallest absolute Gasteiger partial charge is 0.331 e. The van der Waals surface area contributed by atoms with Gasteiger partial charge in [0.25, 0.3) is 5.56 Å². The van der Waals surface area contributed by atoms with E-state index < -0.39 is 0 Å². The molecule has 158 valence electrons. The second-order valence-corrected chi connectivity index (χ2v) is 7.88. The quantitative estimate of drug-likeness (QED) is 0.672. The molecule has 0 bridgehead atoms. The highest BCUT2D eigenvalue weighted by Crippen LogP contribution is 2.25. The Morgan fingerprint density at radius 3 is 2.80 bits per heavy atom. The summed E-state index contributed by atoms with van der Waals surface area (Å²) in [6.45, 7) is 6.02. The first-order valence-electron chi connectivity index (χ1n) is 10.3. The molecule has 0 saturated carbocycles. The number of benzene rings is 1.